The summed E-state index contributed by atoms with van der Waals surface area (Å²) < 4.78 is 0. The molecule has 0 saturated heterocycles. The van der Waals surface area contributed by atoms with Gasteiger partial charge in [0.25, 0.3) is 5.91 Å². The highest BCUT2D eigenvalue weighted by Crippen LogP contribution is 2.21. The number of carbonyl (C=O) groups is 1. The number of hydrogen-bond acceptors (Lipinski definition) is 2. The number of rotatable bonds is 3. The fourth-order valence-electron chi connectivity index (χ4n) is 1.14. The molecule has 0 radical (unpaired) electrons. The highest BCUT2D eigenvalue weighted by Gasteiger charge is 2.09. The third kappa shape index (κ3) is 3.59. The summed E-state index contributed by atoms with van der Waals surface area (Å²) in [5, 5.41) is 12.6. The minimum atomic E-state index is -0.313. The number of benzene rings is 1. The Kier molecular flexibility index (Phi) is 4.38. The lowest BCUT2D eigenvalue weighted by Crippen LogP contribution is -2.23. The summed E-state index contributed by atoms with van der Waals surface area (Å²) in [5.41, 5.74) is 1.35. The highest BCUT2D eigenvalue weighted by atomic mass is 35.5. The minimum Gasteiger partial charge on any atom is -0.507 e. The number of aromatic hydroxyl groups is 1. The monoisotopic (exact) mass is 239 g/mol. The van der Waals surface area contributed by atoms with E-state index >= 15 is 0 Å². The van der Waals surface area contributed by atoms with Crippen molar-refractivity contribution in [3.05, 3.63) is 40.4 Å². The van der Waals surface area contributed by atoms with Gasteiger partial charge in [-0.3, -0.25) is 4.79 Å². The average molecular weight is 240 g/mol. The number of carbonyl (C=O) groups excluding carboxylic acids is 1. The Hall–Kier alpha value is -1.48. The fraction of sp³-hybridized carbons (Fsp3) is 0.250. The quantitative estimate of drug-likeness (QED) is 0.797. The molecule has 2 N–H and O–H groups in total. The lowest BCUT2D eigenvalue weighted by Gasteiger charge is -2.05. The molecule has 0 spiro atoms. The van der Waals surface area contributed by atoms with Gasteiger partial charge >= 0.3 is 0 Å². The number of allylic oxidation sites excluding steroid dienone is 1. The summed E-state index contributed by atoms with van der Waals surface area (Å²) in [5.74, 6) is -0.422. The van der Waals surface area contributed by atoms with Gasteiger partial charge in [0, 0.05) is 11.6 Å². The van der Waals surface area contributed by atoms with Crippen molar-refractivity contribution in [1.82, 2.24) is 5.32 Å². The van der Waals surface area contributed by atoms with Crippen LogP contribution in [0.4, 0.5) is 0 Å². The van der Waals surface area contributed by atoms with Gasteiger partial charge in [0.05, 0.1) is 5.56 Å². The zero-order chi connectivity index (χ0) is 12.1. The van der Waals surface area contributed by atoms with E-state index in [1.54, 1.807) is 6.07 Å². The number of nitrogens with one attached hydrogen (secondary N) is 1. The summed E-state index contributed by atoms with van der Waals surface area (Å²) in [6.45, 7) is 4.35. The molecule has 0 heterocycles. The SMILES string of the molecule is CC(C)=CCNC(=O)c1ccc(Cl)cc1O. The molecule has 1 aromatic rings. The predicted molar refractivity (Wildman–Crippen MR) is 64.9 cm³/mol. The van der Waals surface area contributed by atoms with Gasteiger partial charge in [-0.25, -0.2) is 0 Å². The number of hydrogen-bond donors (Lipinski definition) is 2. The third-order valence-electron chi connectivity index (χ3n) is 1.98. The maximum absolute atomic E-state index is 11.6. The first-order valence-corrected chi connectivity index (χ1v) is 5.28. The van der Waals surface area contributed by atoms with Crippen LogP contribution in [-0.2, 0) is 0 Å². The van der Waals surface area contributed by atoms with Gasteiger partial charge in [0.2, 0.25) is 0 Å². The van der Waals surface area contributed by atoms with Gasteiger partial charge < -0.3 is 10.4 Å². The molecule has 3 nitrogen and oxygen atoms in total. The van der Waals surface area contributed by atoms with Crippen LogP contribution < -0.4 is 5.32 Å². The van der Waals surface area contributed by atoms with Crippen molar-refractivity contribution >= 4 is 17.5 Å². The first-order chi connectivity index (χ1) is 7.50. The molecule has 0 bridgehead atoms. The molecular formula is C12H14ClNO2. The van der Waals surface area contributed by atoms with Gasteiger partial charge in [-0.1, -0.05) is 23.3 Å². The van der Waals surface area contributed by atoms with Crippen LogP contribution in [0.15, 0.2) is 29.8 Å². The fourth-order valence-corrected chi connectivity index (χ4v) is 1.31. The van der Waals surface area contributed by atoms with Crippen molar-refractivity contribution in [2.45, 2.75) is 13.8 Å². The summed E-state index contributed by atoms with van der Waals surface area (Å²) in [6, 6.07) is 4.41. The van der Waals surface area contributed by atoms with Crippen LogP contribution in [0.1, 0.15) is 24.2 Å². The maximum atomic E-state index is 11.6. The number of halogens is 1. The molecule has 0 aliphatic heterocycles. The molecule has 0 aliphatic rings. The molecule has 0 fully saturated rings. The molecule has 1 aromatic carbocycles. The van der Waals surface area contributed by atoms with Gasteiger partial charge in [0.1, 0.15) is 5.75 Å². The van der Waals surface area contributed by atoms with Gasteiger partial charge in [-0.15, -0.1) is 0 Å². The molecule has 1 rings (SSSR count). The molecule has 0 aliphatic carbocycles. The summed E-state index contributed by atoms with van der Waals surface area (Å²) >= 11 is 5.67. The third-order valence-corrected chi connectivity index (χ3v) is 2.21. The van der Waals surface area contributed by atoms with Gasteiger partial charge in [-0.05, 0) is 32.0 Å². The van der Waals surface area contributed by atoms with Crippen LogP contribution >= 0.6 is 11.6 Å². The Bertz CT molecular complexity index is 423. The highest BCUT2D eigenvalue weighted by molar-refractivity contribution is 6.30. The normalized spacial score (nSPS) is 9.69. The Balaban J connectivity index is 2.70. The van der Waals surface area contributed by atoms with Crippen LogP contribution in [0.5, 0.6) is 5.75 Å². The van der Waals surface area contributed by atoms with Crippen LogP contribution in [-0.4, -0.2) is 17.6 Å². The van der Waals surface area contributed by atoms with E-state index in [2.05, 4.69) is 5.32 Å². The summed E-state index contributed by atoms with van der Waals surface area (Å²) in [6.07, 6.45) is 1.89. The molecule has 0 unspecified atom stereocenters. The van der Waals surface area contributed by atoms with Crippen LogP contribution in [0, 0.1) is 0 Å². The van der Waals surface area contributed by atoms with E-state index < -0.39 is 0 Å². The van der Waals surface area contributed by atoms with E-state index in [9.17, 15) is 9.90 Å². The van der Waals surface area contributed by atoms with Gasteiger partial charge in [0.15, 0.2) is 0 Å². The zero-order valence-corrected chi connectivity index (χ0v) is 10.0. The molecule has 0 saturated carbocycles. The second kappa shape index (κ2) is 5.56. The van der Waals surface area contributed by atoms with E-state index in [4.69, 9.17) is 11.6 Å². The Morgan fingerprint density at radius 1 is 1.50 bits per heavy atom. The average Bonchev–Trinajstić information content (AvgIpc) is 2.16. The van der Waals surface area contributed by atoms with Crippen molar-refractivity contribution in [1.29, 1.82) is 0 Å². The predicted octanol–water partition coefficient (Wildman–Crippen LogP) is 2.74. The van der Waals surface area contributed by atoms with Crippen LogP contribution in [0.3, 0.4) is 0 Å². The molecule has 4 heteroatoms. The second-order valence-corrected chi connectivity index (χ2v) is 4.09. The standard InChI is InChI=1S/C12H14ClNO2/c1-8(2)5-6-14-12(16)10-4-3-9(13)7-11(10)15/h3-5,7,15H,6H2,1-2H3,(H,14,16). The molecule has 16 heavy (non-hydrogen) atoms. The Morgan fingerprint density at radius 2 is 2.19 bits per heavy atom. The zero-order valence-electron chi connectivity index (χ0n) is 9.25. The van der Waals surface area contributed by atoms with Gasteiger partial charge in [-0.2, -0.15) is 0 Å². The molecular weight excluding hydrogens is 226 g/mol. The lowest BCUT2D eigenvalue weighted by atomic mass is 10.2. The number of phenolic OH excluding ortho intramolecular Hbond substituents is 1. The first kappa shape index (κ1) is 12.6. The Labute approximate surface area is 99.7 Å². The summed E-state index contributed by atoms with van der Waals surface area (Å²) in [4.78, 5) is 11.6. The number of phenols is 1. The van der Waals surface area contributed by atoms with Crippen molar-refractivity contribution in [3.63, 3.8) is 0 Å². The smallest absolute Gasteiger partial charge is 0.255 e. The molecule has 0 aromatic heterocycles. The van der Waals surface area contributed by atoms with Crippen LogP contribution in [0.25, 0.3) is 0 Å². The van der Waals surface area contributed by atoms with E-state index in [-0.39, 0.29) is 17.2 Å². The topological polar surface area (TPSA) is 49.3 Å². The van der Waals surface area contributed by atoms with E-state index in [1.807, 2.05) is 19.9 Å². The molecule has 1 amide bonds. The van der Waals surface area contributed by atoms with Crippen LogP contribution in [0.2, 0.25) is 5.02 Å². The summed E-state index contributed by atoms with van der Waals surface area (Å²) in [7, 11) is 0. The lowest BCUT2D eigenvalue weighted by molar-refractivity contribution is 0.0955. The molecule has 0 atom stereocenters. The maximum Gasteiger partial charge on any atom is 0.255 e. The first-order valence-electron chi connectivity index (χ1n) is 4.91. The van der Waals surface area contributed by atoms with Crippen molar-refractivity contribution < 1.29 is 9.90 Å². The van der Waals surface area contributed by atoms with E-state index in [0.717, 1.165) is 5.57 Å². The number of amides is 1. The van der Waals surface area contributed by atoms with Crippen molar-refractivity contribution in [2.24, 2.45) is 0 Å². The minimum absolute atomic E-state index is 0.109. The van der Waals surface area contributed by atoms with E-state index in [0.29, 0.717) is 11.6 Å². The molecule has 86 valence electrons. The Morgan fingerprint density at radius 3 is 2.75 bits per heavy atom. The van der Waals surface area contributed by atoms with Crippen molar-refractivity contribution in [2.75, 3.05) is 6.54 Å². The van der Waals surface area contributed by atoms with E-state index in [1.165, 1.54) is 12.1 Å². The second-order valence-electron chi connectivity index (χ2n) is 3.65. The largest absolute Gasteiger partial charge is 0.507 e. The van der Waals surface area contributed by atoms with Crippen molar-refractivity contribution in [3.8, 4) is 5.75 Å².